The second-order valence-electron chi connectivity index (χ2n) is 5.18. The largest absolute Gasteiger partial charge is 0.481 e. The van der Waals surface area contributed by atoms with E-state index in [9.17, 15) is 14.4 Å². The van der Waals surface area contributed by atoms with Crippen molar-refractivity contribution in [2.75, 3.05) is 19.6 Å². The molecular weight excluding hydrogens is 288 g/mol. The van der Waals surface area contributed by atoms with E-state index < -0.39 is 12.1 Å². The van der Waals surface area contributed by atoms with E-state index in [1.807, 2.05) is 30.3 Å². The van der Waals surface area contributed by atoms with E-state index in [1.165, 1.54) is 4.90 Å². The summed E-state index contributed by atoms with van der Waals surface area (Å²) >= 11 is 0. The molecular formula is C15H18N2O5. The van der Waals surface area contributed by atoms with Crippen molar-refractivity contribution in [3.8, 4) is 0 Å². The molecule has 7 heteroatoms. The highest BCUT2D eigenvalue weighted by Crippen LogP contribution is 2.18. The lowest BCUT2D eigenvalue weighted by Gasteiger charge is -2.38. The minimum atomic E-state index is -0.861. The summed E-state index contributed by atoms with van der Waals surface area (Å²) in [5, 5.41) is 11.0. The second-order valence-corrected chi connectivity index (χ2v) is 5.18. The van der Waals surface area contributed by atoms with Crippen molar-refractivity contribution in [1.29, 1.82) is 0 Å². The Morgan fingerprint density at radius 2 is 1.91 bits per heavy atom. The number of ether oxygens (including phenoxy) is 1. The number of likely N-dealkylation sites (tertiary alicyclic amines) is 1. The molecule has 2 amide bonds. The molecule has 0 saturated carbocycles. The summed E-state index contributed by atoms with van der Waals surface area (Å²) in [4.78, 5) is 35.2. The predicted molar refractivity (Wildman–Crippen MR) is 77.0 cm³/mol. The van der Waals surface area contributed by atoms with Gasteiger partial charge in [0.25, 0.3) is 0 Å². The Kier molecular flexibility index (Phi) is 5.35. The van der Waals surface area contributed by atoms with E-state index in [4.69, 9.17) is 9.84 Å². The molecule has 1 heterocycles. The third kappa shape index (κ3) is 4.76. The van der Waals surface area contributed by atoms with Crippen LogP contribution in [0.3, 0.4) is 0 Å². The normalized spacial score (nSPS) is 14.1. The Hall–Kier alpha value is -2.57. The number of hydrogen-bond donors (Lipinski definition) is 2. The predicted octanol–water partition coefficient (Wildman–Crippen LogP) is 0.846. The number of nitrogens with zero attached hydrogens (tertiary/aromatic N) is 1. The van der Waals surface area contributed by atoms with Crippen LogP contribution in [0, 0.1) is 5.92 Å². The first-order valence-electron chi connectivity index (χ1n) is 6.98. The molecule has 22 heavy (non-hydrogen) atoms. The molecule has 7 nitrogen and oxygen atoms in total. The number of rotatable bonds is 6. The molecule has 1 aliphatic heterocycles. The first-order chi connectivity index (χ1) is 10.5. The van der Waals surface area contributed by atoms with Crippen LogP contribution < -0.4 is 5.32 Å². The number of carboxylic acids is 1. The zero-order valence-electron chi connectivity index (χ0n) is 12.0. The lowest BCUT2D eigenvalue weighted by atomic mass is 9.96. The van der Waals surface area contributed by atoms with Crippen LogP contribution >= 0.6 is 0 Å². The summed E-state index contributed by atoms with van der Waals surface area (Å²) in [6.07, 6.45) is -0.587. The summed E-state index contributed by atoms with van der Waals surface area (Å²) in [5.74, 6) is -1.09. The maximum Gasteiger partial charge on any atom is 0.407 e. The van der Waals surface area contributed by atoms with Gasteiger partial charge in [-0.1, -0.05) is 30.3 Å². The fourth-order valence-corrected chi connectivity index (χ4v) is 2.18. The van der Waals surface area contributed by atoms with Gasteiger partial charge in [-0.05, 0) is 5.56 Å². The highest BCUT2D eigenvalue weighted by atomic mass is 16.5. The zero-order chi connectivity index (χ0) is 15.9. The molecule has 1 saturated heterocycles. The molecule has 0 spiro atoms. The van der Waals surface area contributed by atoms with Gasteiger partial charge < -0.3 is 20.1 Å². The minimum absolute atomic E-state index is 0.00600. The van der Waals surface area contributed by atoms with E-state index >= 15 is 0 Å². The summed E-state index contributed by atoms with van der Waals surface area (Å²) in [7, 11) is 0. The molecule has 2 rings (SSSR count). The van der Waals surface area contributed by atoms with Gasteiger partial charge in [0.1, 0.15) is 13.2 Å². The Morgan fingerprint density at radius 3 is 2.55 bits per heavy atom. The van der Waals surface area contributed by atoms with Crippen LogP contribution in [-0.4, -0.2) is 47.6 Å². The lowest BCUT2D eigenvalue weighted by molar-refractivity contribution is -0.144. The van der Waals surface area contributed by atoms with Gasteiger partial charge in [0.05, 0.1) is 6.42 Å². The Balaban J connectivity index is 1.60. The van der Waals surface area contributed by atoms with Gasteiger partial charge in [-0.2, -0.15) is 0 Å². The molecule has 0 aromatic heterocycles. The van der Waals surface area contributed by atoms with Crippen molar-refractivity contribution in [2.45, 2.75) is 13.0 Å². The number of hydrogen-bond acceptors (Lipinski definition) is 4. The molecule has 1 aromatic carbocycles. The molecule has 0 radical (unpaired) electrons. The van der Waals surface area contributed by atoms with Crippen molar-refractivity contribution in [1.82, 2.24) is 10.2 Å². The summed E-state index contributed by atoms with van der Waals surface area (Å²) in [6.45, 7) is 0.844. The van der Waals surface area contributed by atoms with Crippen molar-refractivity contribution in [2.24, 2.45) is 5.92 Å². The van der Waals surface area contributed by atoms with E-state index in [1.54, 1.807) is 0 Å². The van der Waals surface area contributed by atoms with Crippen LogP contribution in [0.1, 0.15) is 12.0 Å². The third-order valence-electron chi connectivity index (χ3n) is 3.37. The zero-order valence-corrected chi connectivity index (χ0v) is 12.0. The second kappa shape index (κ2) is 7.44. The first-order valence-corrected chi connectivity index (χ1v) is 6.98. The molecule has 0 bridgehead atoms. The van der Waals surface area contributed by atoms with Gasteiger partial charge in [0.15, 0.2) is 0 Å². The van der Waals surface area contributed by atoms with E-state index in [-0.39, 0.29) is 31.4 Å². The number of nitrogens with one attached hydrogen (secondary N) is 1. The van der Waals surface area contributed by atoms with Gasteiger partial charge >= 0.3 is 12.1 Å². The monoisotopic (exact) mass is 306 g/mol. The first kappa shape index (κ1) is 15.8. The van der Waals surface area contributed by atoms with Crippen molar-refractivity contribution in [3.05, 3.63) is 35.9 Å². The van der Waals surface area contributed by atoms with Gasteiger partial charge in [0.2, 0.25) is 5.91 Å². The van der Waals surface area contributed by atoms with Crippen molar-refractivity contribution in [3.63, 3.8) is 0 Å². The summed E-state index contributed by atoms with van der Waals surface area (Å²) in [5.41, 5.74) is 0.864. The fourth-order valence-electron chi connectivity index (χ4n) is 2.18. The maximum absolute atomic E-state index is 11.7. The third-order valence-corrected chi connectivity index (χ3v) is 3.37. The van der Waals surface area contributed by atoms with Crippen LogP contribution in [-0.2, 0) is 20.9 Å². The number of carbonyl (C=O) groups is 3. The minimum Gasteiger partial charge on any atom is -0.481 e. The number of aliphatic carboxylic acids is 1. The number of alkyl carbamates (subject to hydrolysis) is 1. The molecule has 0 unspecified atom stereocenters. The smallest absolute Gasteiger partial charge is 0.407 e. The van der Waals surface area contributed by atoms with Gasteiger partial charge in [0, 0.05) is 19.0 Å². The van der Waals surface area contributed by atoms with E-state index in [0.29, 0.717) is 13.1 Å². The van der Waals surface area contributed by atoms with Crippen LogP contribution in [0.4, 0.5) is 4.79 Å². The molecule has 1 aliphatic rings. The quantitative estimate of drug-likeness (QED) is 0.812. The number of amides is 2. The van der Waals surface area contributed by atoms with Crippen molar-refractivity contribution >= 4 is 18.0 Å². The highest BCUT2D eigenvalue weighted by molar-refractivity contribution is 5.83. The molecule has 2 N–H and O–H groups in total. The van der Waals surface area contributed by atoms with Crippen LogP contribution in [0.2, 0.25) is 0 Å². The number of carboxylic acid groups (broad SMARTS) is 1. The van der Waals surface area contributed by atoms with E-state index in [0.717, 1.165) is 5.56 Å². The van der Waals surface area contributed by atoms with E-state index in [2.05, 4.69) is 5.32 Å². The van der Waals surface area contributed by atoms with Gasteiger partial charge in [-0.25, -0.2) is 4.79 Å². The molecule has 0 aliphatic carbocycles. The van der Waals surface area contributed by atoms with Crippen LogP contribution in [0.25, 0.3) is 0 Å². The molecule has 1 fully saturated rings. The van der Waals surface area contributed by atoms with Crippen molar-refractivity contribution < 1.29 is 24.2 Å². The number of carbonyl (C=O) groups excluding carboxylic acids is 2. The fraction of sp³-hybridized carbons (Fsp3) is 0.400. The molecule has 1 aromatic rings. The van der Waals surface area contributed by atoms with Crippen LogP contribution in [0.15, 0.2) is 30.3 Å². The Bertz CT molecular complexity index is 540. The van der Waals surface area contributed by atoms with Crippen LogP contribution in [0.5, 0.6) is 0 Å². The standard InChI is InChI=1S/C15H18N2O5/c18-13(17-8-12(9-17)6-14(19)20)7-16-15(21)22-10-11-4-2-1-3-5-11/h1-5,12H,6-10H2,(H,16,21)(H,19,20). The average Bonchev–Trinajstić information content (AvgIpc) is 2.46. The Labute approximate surface area is 127 Å². The lowest BCUT2D eigenvalue weighted by Crippen LogP contribution is -2.53. The SMILES string of the molecule is O=C(O)CC1CN(C(=O)CNC(=O)OCc2ccccc2)C1. The topological polar surface area (TPSA) is 95.9 Å². The average molecular weight is 306 g/mol. The van der Waals surface area contributed by atoms with Gasteiger partial charge in [-0.3, -0.25) is 9.59 Å². The van der Waals surface area contributed by atoms with Gasteiger partial charge in [-0.15, -0.1) is 0 Å². The number of benzene rings is 1. The Morgan fingerprint density at radius 1 is 1.23 bits per heavy atom. The summed E-state index contributed by atoms with van der Waals surface area (Å²) < 4.78 is 4.99. The summed E-state index contributed by atoms with van der Waals surface area (Å²) in [6, 6.07) is 9.23. The molecule has 0 atom stereocenters. The highest BCUT2D eigenvalue weighted by Gasteiger charge is 2.31. The molecule has 118 valence electrons. The maximum atomic E-state index is 11.7.